The highest BCUT2D eigenvalue weighted by molar-refractivity contribution is 7.22. The highest BCUT2D eigenvalue weighted by Crippen LogP contribution is 2.42. The van der Waals surface area contributed by atoms with Gasteiger partial charge in [0.15, 0.2) is 0 Å². The van der Waals surface area contributed by atoms with Gasteiger partial charge in [-0.05, 0) is 55.3 Å². The fourth-order valence-electron chi connectivity index (χ4n) is 2.93. The van der Waals surface area contributed by atoms with Gasteiger partial charge in [-0.2, -0.15) is 0 Å². The molecule has 0 amide bonds. The van der Waals surface area contributed by atoms with Gasteiger partial charge in [0.2, 0.25) is 0 Å². The summed E-state index contributed by atoms with van der Waals surface area (Å²) in [5.41, 5.74) is 3.16. The summed E-state index contributed by atoms with van der Waals surface area (Å²) in [6, 6.07) is 14.9. The molecule has 0 unspecified atom stereocenters. The number of thiophene rings is 1. The topological polar surface area (TPSA) is 32.3 Å². The number of benzene rings is 2. The zero-order valence-corrected chi connectivity index (χ0v) is 18.6. The Kier molecular flexibility index (Phi) is 6.30. The summed E-state index contributed by atoms with van der Waals surface area (Å²) in [6.45, 7) is 13.7. The Bertz CT molecular complexity index is 899. The van der Waals surface area contributed by atoms with Crippen molar-refractivity contribution in [3.8, 4) is 16.2 Å². The van der Waals surface area contributed by atoms with Gasteiger partial charge >= 0.3 is 0 Å². The van der Waals surface area contributed by atoms with Gasteiger partial charge in [0.1, 0.15) is 5.75 Å². The van der Waals surface area contributed by atoms with Crippen molar-refractivity contribution in [2.24, 2.45) is 0 Å². The van der Waals surface area contributed by atoms with E-state index < -0.39 is 0 Å². The van der Waals surface area contributed by atoms with Gasteiger partial charge in [0, 0.05) is 32.8 Å². The van der Waals surface area contributed by atoms with E-state index in [1.54, 1.807) is 11.3 Å². The molecule has 146 valence electrons. The third kappa shape index (κ3) is 5.04. The number of rotatable bonds is 3. The molecule has 0 atom stereocenters. The van der Waals surface area contributed by atoms with E-state index in [-0.39, 0.29) is 23.4 Å². The molecule has 0 saturated heterocycles. The van der Waals surface area contributed by atoms with Gasteiger partial charge in [-0.15, -0.1) is 23.7 Å². The van der Waals surface area contributed by atoms with Crippen LogP contribution in [-0.2, 0) is 12.0 Å². The lowest BCUT2D eigenvalue weighted by Crippen LogP contribution is -2.35. The number of phenolic OH excluding ortho intramolecular Hbond substituents is 1. The second-order valence-electron chi connectivity index (χ2n) is 9.03. The van der Waals surface area contributed by atoms with Crippen LogP contribution >= 0.6 is 23.7 Å². The molecule has 0 bridgehead atoms. The van der Waals surface area contributed by atoms with Crippen LogP contribution in [0.4, 0.5) is 0 Å². The van der Waals surface area contributed by atoms with E-state index >= 15 is 0 Å². The van der Waals surface area contributed by atoms with Crippen LogP contribution in [0.25, 0.3) is 20.5 Å². The van der Waals surface area contributed by atoms with E-state index in [2.05, 4.69) is 89.3 Å². The fourth-order valence-corrected chi connectivity index (χ4v) is 4.00. The van der Waals surface area contributed by atoms with E-state index in [4.69, 9.17) is 0 Å². The molecular formula is C23H30ClNOS. The van der Waals surface area contributed by atoms with Gasteiger partial charge in [-0.3, -0.25) is 0 Å². The second-order valence-corrected chi connectivity index (χ2v) is 10.1. The Hall–Kier alpha value is -1.55. The molecule has 27 heavy (non-hydrogen) atoms. The third-order valence-corrected chi connectivity index (χ3v) is 5.70. The SMILES string of the molecule is CC(C)(C)NCc1cc(C(C)(C)C)cc(-c2cc3ccccc3s2)c1O.Cl. The molecule has 1 heterocycles. The Morgan fingerprint density at radius 1 is 0.963 bits per heavy atom. The quantitative estimate of drug-likeness (QED) is 0.499. The Labute approximate surface area is 173 Å². The van der Waals surface area contributed by atoms with Gasteiger partial charge in [0.05, 0.1) is 0 Å². The number of aromatic hydroxyl groups is 1. The average molecular weight is 404 g/mol. The molecule has 2 nitrogen and oxygen atoms in total. The van der Waals surface area contributed by atoms with E-state index in [1.807, 2.05) is 0 Å². The summed E-state index contributed by atoms with van der Waals surface area (Å²) in [5.74, 6) is 0.390. The first-order chi connectivity index (χ1) is 12.0. The first-order valence-corrected chi connectivity index (χ1v) is 9.96. The maximum atomic E-state index is 11.0. The molecule has 0 aliphatic heterocycles. The number of halogens is 1. The molecule has 1 aromatic heterocycles. The summed E-state index contributed by atoms with van der Waals surface area (Å²) in [6.07, 6.45) is 0. The van der Waals surface area contributed by atoms with Crippen LogP contribution in [-0.4, -0.2) is 10.6 Å². The van der Waals surface area contributed by atoms with Gasteiger partial charge in [-0.1, -0.05) is 45.0 Å². The summed E-state index contributed by atoms with van der Waals surface area (Å²) in [4.78, 5) is 1.12. The predicted octanol–water partition coefficient (Wildman–Crippen LogP) is 6.88. The highest BCUT2D eigenvalue weighted by Gasteiger charge is 2.21. The molecule has 0 saturated carbocycles. The summed E-state index contributed by atoms with van der Waals surface area (Å²) < 4.78 is 1.25. The molecule has 2 aromatic carbocycles. The number of hydrogen-bond acceptors (Lipinski definition) is 3. The van der Waals surface area contributed by atoms with Gasteiger partial charge in [0.25, 0.3) is 0 Å². The molecule has 4 heteroatoms. The second kappa shape index (κ2) is 7.83. The van der Waals surface area contributed by atoms with Crippen molar-refractivity contribution >= 4 is 33.8 Å². The Balaban J connectivity index is 0.00000261. The number of fused-ring (bicyclic) bond motifs is 1. The van der Waals surface area contributed by atoms with Crippen LogP contribution in [0.1, 0.15) is 52.7 Å². The maximum Gasteiger partial charge on any atom is 0.128 e. The predicted molar refractivity (Wildman–Crippen MR) is 121 cm³/mol. The molecule has 2 N–H and O–H groups in total. The van der Waals surface area contributed by atoms with Crippen LogP contribution in [0.15, 0.2) is 42.5 Å². The lowest BCUT2D eigenvalue weighted by atomic mass is 9.84. The number of hydrogen-bond donors (Lipinski definition) is 2. The van der Waals surface area contributed by atoms with Gasteiger partial charge < -0.3 is 10.4 Å². The highest BCUT2D eigenvalue weighted by atomic mass is 35.5. The summed E-state index contributed by atoms with van der Waals surface area (Å²) >= 11 is 1.74. The minimum absolute atomic E-state index is 0. The summed E-state index contributed by atoms with van der Waals surface area (Å²) in [5, 5.41) is 15.8. The first-order valence-electron chi connectivity index (χ1n) is 9.15. The normalized spacial score (nSPS) is 12.2. The van der Waals surface area contributed by atoms with Crippen LogP contribution in [0, 0.1) is 0 Å². The van der Waals surface area contributed by atoms with E-state index in [0.29, 0.717) is 12.3 Å². The van der Waals surface area contributed by atoms with Crippen molar-refractivity contribution in [2.75, 3.05) is 0 Å². The minimum Gasteiger partial charge on any atom is -0.507 e. The molecule has 0 aliphatic carbocycles. The molecule has 0 aliphatic rings. The molecule has 0 fully saturated rings. The standard InChI is InChI=1S/C23H29NOS.ClH/c1-22(2,3)17-11-16(14-24-23(4,5)6)21(25)18(13-17)20-12-15-9-7-8-10-19(15)26-20;/h7-13,24-25H,14H2,1-6H3;1H. The largest absolute Gasteiger partial charge is 0.507 e. The Morgan fingerprint density at radius 2 is 1.63 bits per heavy atom. The average Bonchev–Trinajstić information content (AvgIpc) is 2.95. The lowest BCUT2D eigenvalue weighted by molar-refractivity contribution is 0.412. The third-order valence-electron chi connectivity index (χ3n) is 4.56. The maximum absolute atomic E-state index is 11.0. The zero-order valence-electron chi connectivity index (χ0n) is 17.0. The van der Waals surface area contributed by atoms with Crippen molar-refractivity contribution < 1.29 is 5.11 Å². The Morgan fingerprint density at radius 3 is 2.22 bits per heavy atom. The van der Waals surface area contributed by atoms with Crippen LogP contribution in [0.3, 0.4) is 0 Å². The molecule has 3 rings (SSSR count). The van der Waals surface area contributed by atoms with Crippen LogP contribution < -0.4 is 5.32 Å². The molecule has 0 radical (unpaired) electrons. The number of nitrogens with one attached hydrogen (secondary N) is 1. The van der Waals surface area contributed by atoms with Crippen molar-refractivity contribution in [3.63, 3.8) is 0 Å². The van der Waals surface area contributed by atoms with Crippen molar-refractivity contribution in [3.05, 3.63) is 53.6 Å². The zero-order chi connectivity index (χ0) is 19.1. The van der Waals surface area contributed by atoms with E-state index in [9.17, 15) is 5.11 Å². The van der Waals surface area contributed by atoms with Crippen LogP contribution in [0.5, 0.6) is 5.75 Å². The molecule has 0 spiro atoms. The van der Waals surface area contributed by atoms with Gasteiger partial charge in [-0.25, -0.2) is 0 Å². The first kappa shape index (κ1) is 21.7. The monoisotopic (exact) mass is 403 g/mol. The van der Waals surface area contributed by atoms with E-state index in [0.717, 1.165) is 16.0 Å². The fraction of sp³-hybridized carbons (Fsp3) is 0.391. The van der Waals surface area contributed by atoms with Crippen LogP contribution in [0.2, 0.25) is 0 Å². The smallest absolute Gasteiger partial charge is 0.128 e. The van der Waals surface area contributed by atoms with Crippen molar-refractivity contribution in [1.29, 1.82) is 0 Å². The molecule has 3 aromatic rings. The lowest BCUT2D eigenvalue weighted by Gasteiger charge is -2.25. The van der Waals surface area contributed by atoms with Crippen molar-refractivity contribution in [1.82, 2.24) is 5.32 Å². The van der Waals surface area contributed by atoms with E-state index in [1.165, 1.54) is 15.6 Å². The summed E-state index contributed by atoms with van der Waals surface area (Å²) in [7, 11) is 0. The number of phenols is 1. The minimum atomic E-state index is 0. The van der Waals surface area contributed by atoms with Crippen molar-refractivity contribution in [2.45, 2.75) is 59.0 Å². The molecular weight excluding hydrogens is 374 g/mol.